The second-order valence-electron chi connectivity index (χ2n) is 4.65. The Bertz CT molecular complexity index is 587. The van der Waals surface area contributed by atoms with Crippen LogP contribution in [0.5, 0.6) is 11.5 Å². The third-order valence-corrected chi connectivity index (χ3v) is 3.61. The Kier molecular flexibility index (Phi) is 6.08. The van der Waals surface area contributed by atoms with Gasteiger partial charge in [-0.25, -0.2) is 0 Å². The summed E-state index contributed by atoms with van der Waals surface area (Å²) in [5.41, 5.74) is 2.22. The van der Waals surface area contributed by atoms with Crippen molar-refractivity contribution in [2.24, 2.45) is 0 Å². The molecule has 0 fully saturated rings. The lowest BCUT2D eigenvalue weighted by molar-refractivity contribution is 0.280. The number of ether oxygens (including phenoxy) is 2. The van der Waals surface area contributed by atoms with Crippen molar-refractivity contribution < 1.29 is 9.47 Å². The predicted molar refractivity (Wildman–Crippen MR) is 88.8 cm³/mol. The second kappa shape index (κ2) is 8.05. The highest BCUT2D eigenvalue weighted by Gasteiger charge is 2.10. The van der Waals surface area contributed by atoms with E-state index < -0.39 is 0 Å². The van der Waals surface area contributed by atoms with Gasteiger partial charge in [-0.2, -0.15) is 0 Å². The maximum Gasteiger partial charge on any atom is 0.166 e. The zero-order valence-corrected chi connectivity index (χ0v) is 13.9. The lowest BCUT2D eigenvalue weighted by atomic mass is 10.1. The molecule has 21 heavy (non-hydrogen) atoms. The average molecular weight is 350 g/mol. The molecule has 4 heteroatoms. The van der Waals surface area contributed by atoms with Crippen molar-refractivity contribution in [3.63, 3.8) is 0 Å². The maximum absolute atomic E-state index is 6.01. The van der Waals surface area contributed by atoms with Crippen LogP contribution in [0.1, 0.15) is 18.1 Å². The number of rotatable bonds is 7. The van der Waals surface area contributed by atoms with Gasteiger partial charge in [0.05, 0.1) is 7.11 Å². The van der Waals surface area contributed by atoms with Crippen molar-refractivity contribution in [1.82, 2.24) is 5.32 Å². The van der Waals surface area contributed by atoms with Crippen molar-refractivity contribution in [2.45, 2.75) is 20.1 Å². The van der Waals surface area contributed by atoms with Crippen LogP contribution in [0, 0.1) is 0 Å². The van der Waals surface area contributed by atoms with Gasteiger partial charge in [0.2, 0.25) is 0 Å². The van der Waals surface area contributed by atoms with Gasteiger partial charge in [-0.05, 0) is 30.3 Å². The number of nitrogens with one attached hydrogen (secondary N) is 1. The monoisotopic (exact) mass is 349 g/mol. The molecule has 0 aliphatic heterocycles. The molecule has 112 valence electrons. The van der Waals surface area contributed by atoms with Gasteiger partial charge in [0.15, 0.2) is 11.5 Å². The van der Waals surface area contributed by atoms with Crippen LogP contribution < -0.4 is 14.8 Å². The van der Waals surface area contributed by atoms with E-state index in [0.29, 0.717) is 6.61 Å². The van der Waals surface area contributed by atoms with E-state index in [4.69, 9.17) is 9.47 Å². The largest absolute Gasteiger partial charge is 0.493 e. The molecule has 0 saturated carbocycles. The number of methoxy groups -OCH3 is 1. The number of hydrogen-bond acceptors (Lipinski definition) is 3. The van der Waals surface area contributed by atoms with Crippen LogP contribution in [0.25, 0.3) is 0 Å². The van der Waals surface area contributed by atoms with E-state index in [-0.39, 0.29) is 0 Å². The quantitative estimate of drug-likeness (QED) is 0.814. The van der Waals surface area contributed by atoms with Crippen molar-refractivity contribution >= 4 is 15.9 Å². The third kappa shape index (κ3) is 4.48. The SMILES string of the molecule is CCNCc1cccc(OC)c1OCc1cccc(Br)c1. The topological polar surface area (TPSA) is 30.5 Å². The van der Waals surface area contributed by atoms with Crippen LogP contribution in [0.15, 0.2) is 46.9 Å². The predicted octanol–water partition coefficient (Wildman–Crippen LogP) is 4.15. The van der Waals surface area contributed by atoms with Gasteiger partial charge in [0.1, 0.15) is 6.61 Å². The third-order valence-electron chi connectivity index (χ3n) is 3.12. The van der Waals surface area contributed by atoms with Crippen LogP contribution >= 0.6 is 15.9 Å². The fourth-order valence-electron chi connectivity index (χ4n) is 2.07. The average Bonchev–Trinajstić information content (AvgIpc) is 2.51. The Morgan fingerprint density at radius 1 is 1.14 bits per heavy atom. The Labute approximate surface area is 134 Å². The summed E-state index contributed by atoms with van der Waals surface area (Å²) in [7, 11) is 1.67. The van der Waals surface area contributed by atoms with Gasteiger partial charge in [-0.15, -0.1) is 0 Å². The van der Waals surface area contributed by atoms with E-state index in [0.717, 1.165) is 40.2 Å². The summed E-state index contributed by atoms with van der Waals surface area (Å²) in [6.45, 7) is 4.28. The normalized spacial score (nSPS) is 10.4. The van der Waals surface area contributed by atoms with Crippen molar-refractivity contribution in [2.75, 3.05) is 13.7 Å². The molecule has 2 aromatic rings. The molecule has 0 saturated heterocycles. The smallest absolute Gasteiger partial charge is 0.166 e. The summed E-state index contributed by atoms with van der Waals surface area (Å²) in [6.07, 6.45) is 0. The Morgan fingerprint density at radius 2 is 1.95 bits per heavy atom. The molecular weight excluding hydrogens is 330 g/mol. The molecule has 0 aliphatic rings. The highest BCUT2D eigenvalue weighted by atomic mass is 79.9. The van der Waals surface area contributed by atoms with Gasteiger partial charge in [0, 0.05) is 16.6 Å². The van der Waals surface area contributed by atoms with E-state index in [1.807, 2.05) is 30.3 Å². The molecule has 0 atom stereocenters. The zero-order chi connectivity index (χ0) is 15.1. The molecule has 2 rings (SSSR count). The molecular formula is C17H20BrNO2. The Morgan fingerprint density at radius 3 is 2.67 bits per heavy atom. The fourth-order valence-corrected chi connectivity index (χ4v) is 2.51. The van der Waals surface area contributed by atoms with Crippen LogP contribution in [0.2, 0.25) is 0 Å². The van der Waals surface area contributed by atoms with Crippen molar-refractivity contribution in [3.8, 4) is 11.5 Å². The highest BCUT2D eigenvalue weighted by Crippen LogP contribution is 2.32. The Hall–Kier alpha value is -1.52. The molecule has 0 aromatic heterocycles. The maximum atomic E-state index is 6.01. The van der Waals surface area contributed by atoms with Crippen molar-refractivity contribution in [1.29, 1.82) is 0 Å². The second-order valence-corrected chi connectivity index (χ2v) is 5.56. The fraction of sp³-hybridized carbons (Fsp3) is 0.294. The van der Waals surface area contributed by atoms with Crippen LogP contribution in [0.4, 0.5) is 0 Å². The first-order valence-corrected chi connectivity index (χ1v) is 7.77. The number of halogens is 1. The molecule has 0 spiro atoms. The first kappa shape index (κ1) is 15.9. The summed E-state index contributed by atoms with van der Waals surface area (Å²) < 4.78 is 12.5. The number of para-hydroxylation sites is 1. The molecule has 1 N–H and O–H groups in total. The lowest BCUT2D eigenvalue weighted by Crippen LogP contribution is -2.13. The van der Waals surface area contributed by atoms with Gasteiger partial charge >= 0.3 is 0 Å². The standard InChI is InChI=1S/C17H20BrNO2/c1-3-19-11-14-7-5-9-16(20-2)17(14)21-12-13-6-4-8-15(18)10-13/h4-10,19H,3,11-12H2,1-2H3. The number of hydrogen-bond donors (Lipinski definition) is 1. The first-order chi connectivity index (χ1) is 10.2. The minimum absolute atomic E-state index is 0.513. The van der Waals surface area contributed by atoms with E-state index in [9.17, 15) is 0 Å². The van der Waals surface area contributed by atoms with Crippen LogP contribution in [-0.2, 0) is 13.2 Å². The van der Waals surface area contributed by atoms with Crippen LogP contribution in [0.3, 0.4) is 0 Å². The summed E-state index contributed by atoms with van der Waals surface area (Å²) in [4.78, 5) is 0. The minimum Gasteiger partial charge on any atom is -0.493 e. The molecule has 0 bridgehead atoms. The first-order valence-electron chi connectivity index (χ1n) is 6.98. The Balaban J connectivity index is 2.16. The molecule has 0 aliphatic carbocycles. The van der Waals surface area contributed by atoms with Gasteiger partial charge in [0.25, 0.3) is 0 Å². The lowest BCUT2D eigenvalue weighted by Gasteiger charge is -2.15. The summed E-state index contributed by atoms with van der Waals surface area (Å²) >= 11 is 3.47. The number of benzene rings is 2. The van der Waals surface area contributed by atoms with E-state index in [2.05, 4.69) is 40.3 Å². The molecule has 2 aromatic carbocycles. The molecule has 0 amide bonds. The van der Waals surface area contributed by atoms with Gasteiger partial charge < -0.3 is 14.8 Å². The molecule has 0 unspecified atom stereocenters. The zero-order valence-electron chi connectivity index (χ0n) is 12.4. The van der Waals surface area contributed by atoms with E-state index in [1.54, 1.807) is 7.11 Å². The van der Waals surface area contributed by atoms with Gasteiger partial charge in [-0.1, -0.05) is 47.1 Å². The van der Waals surface area contributed by atoms with Crippen LogP contribution in [-0.4, -0.2) is 13.7 Å². The minimum atomic E-state index is 0.513. The summed E-state index contributed by atoms with van der Waals surface area (Å²) in [5.74, 6) is 1.57. The molecule has 0 radical (unpaired) electrons. The van der Waals surface area contributed by atoms with E-state index in [1.165, 1.54) is 0 Å². The highest BCUT2D eigenvalue weighted by molar-refractivity contribution is 9.10. The molecule has 3 nitrogen and oxygen atoms in total. The van der Waals surface area contributed by atoms with Crippen molar-refractivity contribution in [3.05, 3.63) is 58.1 Å². The summed E-state index contributed by atoms with van der Waals surface area (Å²) in [6, 6.07) is 14.1. The van der Waals surface area contributed by atoms with Gasteiger partial charge in [-0.3, -0.25) is 0 Å². The summed E-state index contributed by atoms with van der Waals surface area (Å²) in [5, 5.41) is 3.32. The van der Waals surface area contributed by atoms with E-state index >= 15 is 0 Å². The molecule has 0 heterocycles.